The van der Waals surface area contributed by atoms with E-state index in [1.54, 1.807) is 11.1 Å². The molecule has 114 valence electrons. The molecular formula is C17H24N2OS. The summed E-state index contributed by atoms with van der Waals surface area (Å²) in [6.45, 7) is 5.12. The number of nitrogens with zero attached hydrogens (tertiary/aromatic N) is 2. The highest BCUT2D eigenvalue weighted by Crippen LogP contribution is 2.33. The highest BCUT2D eigenvalue weighted by Gasteiger charge is 2.32. The highest BCUT2D eigenvalue weighted by atomic mass is 32.3. The van der Waals surface area contributed by atoms with Gasteiger partial charge in [0.15, 0.2) is 0 Å². The Morgan fingerprint density at radius 3 is 2.57 bits per heavy atom. The normalized spacial score (nSPS) is 18.9. The maximum Gasteiger partial charge on any atom is 0.228 e. The first kappa shape index (κ1) is 15.9. The standard InChI is InChI=1S/C17H24N2OS/c1-17(2)10-8-16(20)19(13-17)15-7-6-14(12-18-15)9-11-21(3,4)5/h6-7,12H,8,10,13H2,1-5H3. The molecule has 0 aromatic carbocycles. The minimum absolute atomic E-state index is 0.156. The molecule has 21 heavy (non-hydrogen) atoms. The van der Waals surface area contributed by atoms with Crippen molar-refractivity contribution in [2.45, 2.75) is 26.7 Å². The summed E-state index contributed by atoms with van der Waals surface area (Å²) >= 11 is 0. The van der Waals surface area contributed by atoms with Crippen molar-refractivity contribution in [1.29, 1.82) is 0 Å². The van der Waals surface area contributed by atoms with Crippen molar-refractivity contribution in [1.82, 2.24) is 4.98 Å². The third-order valence-corrected chi connectivity index (χ3v) is 4.14. The van der Waals surface area contributed by atoms with E-state index >= 15 is 0 Å². The minimum atomic E-state index is -0.831. The molecule has 0 atom stereocenters. The summed E-state index contributed by atoms with van der Waals surface area (Å²) in [6, 6.07) is 3.86. The number of aromatic nitrogens is 1. The Bertz CT molecular complexity index is 588. The molecule has 0 saturated carbocycles. The molecule has 0 aliphatic carbocycles. The van der Waals surface area contributed by atoms with Crippen LogP contribution in [0.5, 0.6) is 0 Å². The molecule has 0 bridgehead atoms. The summed E-state index contributed by atoms with van der Waals surface area (Å²) in [5.74, 6) is 4.07. The molecule has 1 aliphatic rings. The zero-order valence-electron chi connectivity index (χ0n) is 13.6. The molecular weight excluding hydrogens is 280 g/mol. The smallest absolute Gasteiger partial charge is 0.228 e. The molecule has 1 saturated heterocycles. The van der Waals surface area contributed by atoms with Crippen LogP contribution in [-0.2, 0) is 4.79 Å². The molecule has 1 fully saturated rings. The van der Waals surface area contributed by atoms with Crippen LogP contribution >= 0.6 is 10.0 Å². The Balaban J connectivity index is 2.18. The van der Waals surface area contributed by atoms with Gasteiger partial charge in [0.1, 0.15) is 5.82 Å². The summed E-state index contributed by atoms with van der Waals surface area (Å²) in [6.07, 6.45) is 9.80. The number of anilines is 1. The van der Waals surface area contributed by atoms with Crippen molar-refractivity contribution in [3.8, 4) is 11.2 Å². The van der Waals surface area contributed by atoms with Crippen LogP contribution in [0.25, 0.3) is 0 Å². The average Bonchev–Trinajstić information content (AvgIpc) is 2.39. The van der Waals surface area contributed by atoms with Crippen molar-refractivity contribution in [2.75, 3.05) is 30.2 Å². The number of carbonyl (C=O) groups is 1. The lowest BCUT2D eigenvalue weighted by molar-refractivity contribution is -0.121. The first-order valence-corrected chi connectivity index (χ1v) is 10.00. The molecule has 1 aromatic rings. The molecule has 2 rings (SSSR count). The van der Waals surface area contributed by atoms with Gasteiger partial charge < -0.3 is 0 Å². The van der Waals surface area contributed by atoms with Gasteiger partial charge in [-0.15, -0.1) is 0 Å². The maximum absolute atomic E-state index is 12.1. The Kier molecular flexibility index (Phi) is 4.34. The van der Waals surface area contributed by atoms with Crippen LogP contribution in [0, 0.1) is 16.6 Å². The molecule has 0 unspecified atom stereocenters. The lowest BCUT2D eigenvalue weighted by Gasteiger charge is -2.37. The van der Waals surface area contributed by atoms with E-state index in [1.807, 2.05) is 12.1 Å². The van der Waals surface area contributed by atoms with Crippen LogP contribution in [0.2, 0.25) is 0 Å². The molecule has 1 aliphatic heterocycles. The minimum Gasteiger partial charge on any atom is -0.296 e. The van der Waals surface area contributed by atoms with E-state index in [4.69, 9.17) is 0 Å². The van der Waals surface area contributed by atoms with Gasteiger partial charge in [-0.1, -0.05) is 19.8 Å². The van der Waals surface area contributed by atoms with E-state index in [-0.39, 0.29) is 11.3 Å². The fraction of sp³-hybridized carbons (Fsp3) is 0.529. The first-order valence-electron chi connectivity index (χ1n) is 7.14. The van der Waals surface area contributed by atoms with Crippen LogP contribution in [0.1, 0.15) is 32.3 Å². The molecule has 0 N–H and O–H groups in total. The van der Waals surface area contributed by atoms with Crippen LogP contribution in [0.3, 0.4) is 0 Å². The number of amides is 1. The second kappa shape index (κ2) is 5.73. The zero-order chi connectivity index (χ0) is 15.7. The number of hydrogen-bond donors (Lipinski definition) is 0. The van der Waals surface area contributed by atoms with Crippen LogP contribution in [-0.4, -0.2) is 36.2 Å². The van der Waals surface area contributed by atoms with Gasteiger partial charge in [0.2, 0.25) is 5.91 Å². The molecule has 1 amide bonds. The third-order valence-electron chi connectivity index (χ3n) is 3.43. The summed E-state index contributed by atoms with van der Waals surface area (Å²) in [4.78, 5) is 18.3. The predicted octanol–water partition coefficient (Wildman–Crippen LogP) is 3.24. The molecule has 0 spiro atoms. The average molecular weight is 304 g/mol. The van der Waals surface area contributed by atoms with Gasteiger partial charge in [0.05, 0.1) is 0 Å². The van der Waals surface area contributed by atoms with Crippen molar-refractivity contribution in [2.24, 2.45) is 5.41 Å². The van der Waals surface area contributed by atoms with E-state index in [0.717, 1.165) is 24.3 Å². The van der Waals surface area contributed by atoms with Gasteiger partial charge in [-0.2, -0.15) is 10.0 Å². The number of pyridine rings is 1. The van der Waals surface area contributed by atoms with Crippen LogP contribution in [0.15, 0.2) is 18.3 Å². The summed E-state index contributed by atoms with van der Waals surface area (Å²) in [5, 5.41) is 3.27. The van der Waals surface area contributed by atoms with E-state index in [2.05, 4.69) is 48.8 Å². The van der Waals surface area contributed by atoms with E-state index in [0.29, 0.717) is 6.42 Å². The Hall–Kier alpha value is -1.47. The summed E-state index contributed by atoms with van der Waals surface area (Å²) in [5.41, 5.74) is 1.06. The first-order chi connectivity index (χ1) is 9.66. The van der Waals surface area contributed by atoms with E-state index < -0.39 is 10.0 Å². The summed E-state index contributed by atoms with van der Waals surface area (Å²) < 4.78 is 0. The van der Waals surface area contributed by atoms with Crippen molar-refractivity contribution in [3.05, 3.63) is 23.9 Å². The number of piperidine rings is 1. The lowest BCUT2D eigenvalue weighted by Crippen LogP contribution is -2.44. The maximum atomic E-state index is 12.1. The van der Waals surface area contributed by atoms with Crippen molar-refractivity contribution >= 4 is 21.8 Å². The Morgan fingerprint density at radius 2 is 2.00 bits per heavy atom. The van der Waals surface area contributed by atoms with Gasteiger partial charge in [-0.3, -0.25) is 9.69 Å². The van der Waals surface area contributed by atoms with Gasteiger partial charge in [0.25, 0.3) is 0 Å². The van der Waals surface area contributed by atoms with Crippen molar-refractivity contribution in [3.63, 3.8) is 0 Å². The second-order valence-electron chi connectivity index (χ2n) is 7.11. The number of hydrogen-bond acceptors (Lipinski definition) is 2. The number of carbonyl (C=O) groups excluding carboxylic acids is 1. The fourth-order valence-electron chi connectivity index (χ4n) is 2.22. The van der Waals surface area contributed by atoms with Gasteiger partial charge in [-0.05, 0) is 48.0 Å². The Labute approximate surface area is 129 Å². The number of rotatable bonds is 1. The van der Waals surface area contributed by atoms with Gasteiger partial charge in [0, 0.05) is 24.7 Å². The molecule has 0 radical (unpaired) electrons. The highest BCUT2D eigenvalue weighted by molar-refractivity contribution is 8.35. The monoisotopic (exact) mass is 304 g/mol. The van der Waals surface area contributed by atoms with Gasteiger partial charge >= 0.3 is 0 Å². The fourth-order valence-corrected chi connectivity index (χ4v) is 2.64. The molecule has 3 nitrogen and oxygen atoms in total. The zero-order valence-corrected chi connectivity index (χ0v) is 14.4. The molecule has 2 heterocycles. The van der Waals surface area contributed by atoms with Crippen LogP contribution < -0.4 is 4.90 Å². The van der Waals surface area contributed by atoms with E-state index in [1.165, 1.54) is 0 Å². The Morgan fingerprint density at radius 1 is 1.29 bits per heavy atom. The van der Waals surface area contributed by atoms with Crippen LogP contribution in [0.4, 0.5) is 5.82 Å². The quantitative estimate of drug-likeness (QED) is 0.746. The lowest BCUT2D eigenvalue weighted by atomic mass is 9.84. The largest absolute Gasteiger partial charge is 0.296 e. The molecule has 1 aromatic heterocycles. The second-order valence-corrected chi connectivity index (χ2v) is 11.0. The van der Waals surface area contributed by atoms with E-state index in [9.17, 15) is 4.79 Å². The topological polar surface area (TPSA) is 33.2 Å². The summed E-state index contributed by atoms with van der Waals surface area (Å²) in [7, 11) is -0.831. The van der Waals surface area contributed by atoms with Gasteiger partial charge in [-0.25, -0.2) is 4.98 Å². The molecule has 4 heteroatoms. The van der Waals surface area contributed by atoms with Crippen molar-refractivity contribution < 1.29 is 4.79 Å². The SMILES string of the molecule is CC1(C)CCC(=O)N(c2ccc(C#CS(C)(C)C)cn2)C1. The third kappa shape index (κ3) is 4.50. The predicted molar refractivity (Wildman–Crippen MR) is 91.8 cm³/mol.